The number of hydrogen-bond acceptors (Lipinski definition) is 3. The van der Waals surface area contributed by atoms with E-state index in [0.717, 1.165) is 54.1 Å². The van der Waals surface area contributed by atoms with E-state index in [2.05, 4.69) is 11.4 Å². The van der Waals surface area contributed by atoms with Gasteiger partial charge in [0.1, 0.15) is 11.6 Å². The molecule has 2 aromatic carbocycles. The Balaban J connectivity index is 1.88. The predicted octanol–water partition coefficient (Wildman–Crippen LogP) is 4.30. The van der Waals surface area contributed by atoms with E-state index in [9.17, 15) is 4.39 Å². The van der Waals surface area contributed by atoms with Crippen molar-refractivity contribution in [3.63, 3.8) is 0 Å². The summed E-state index contributed by atoms with van der Waals surface area (Å²) in [5.41, 5.74) is 4.21. The first-order valence-electron chi connectivity index (χ1n) is 8.38. The van der Waals surface area contributed by atoms with Crippen LogP contribution < -0.4 is 5.32 Å². The summed E-state index contributed by atoms with van der Waals surface area (Å²) in [6.07, 6.45) is 3.07. The maximum atomic E-state index is 13.7. The molecule has 124 valence electrons. The fourth-order valence-corrected chi connectivity index (χ4v) is 3.23. The molecule has 4 rings (SSSR count). The van der Waals surface area contributed by atoms with Gasteiger partial charge in [0.15, 0.2) is 0 Å². The van der Waals surface area contributed by atoms with Crippen molar-refractivity contribution in [1.29, 1.82) is 5.26 Å². The topological polar surface area (TPSA) is 53.6 Å². The Hall–Kier alpha value is -3.13. The summed E-state index contributed by atoms with van der Waals surface area (Å²) in [6, 6.07) is 16.0. The van der Waals surface area contributed by atoms with Crippen LogP contribution in [0.4, 0.5) is 10.2 Å². The first-order valence-corrected chi connectivity index (χ1v) is 8.38. The lowest BCUT2D eigenvalue weighted by Crippen LogP contribution is -2.07. The zero-order valence-corrected chi connectivity index (χ0v) is 13.7. The van der Waals surface area contributed by atoms with Gasteiger partial charge in [0.05, 0.1) is 23.0 Å². The second-order valence-electron chi connectivity index (χ2n) is 6.14. The van der Waals surface area contributed by atoms with E-state index in [-0.39, 0.29) is 5.82 Å². The van der Waals surface area contributed by atoms with E-state index < -0.39 is 0 Å². The van der Waals surface area contributed by atoms with Crippen molar-refractivity contribution in [2.45, 2.75) is 19.3 Å². The van der Waals surface area contributed by atoms with Crippen molar-refractivity contribution in [2.24, 2.45) is 0 Å². The lowest BCUT2D eigenvalue weighted by Gasteiger charge is -2.09. The molecule has 0 atom stereocenters. The first-order chi connectivity index (χ1) is 12.3. The molecule has 0 fully saturated rings. The average molecular weight is 332 g/mol. The third kappa shape index (κ3) is 2.87. The largest absolute Gasteiger partial charge is 0.370 e. The van der Waals surface area contributed by atoms with Gasteiger partial charge >= 0.3 is 0 Å². The lowest BCUT2D eigenvalue weighted by atomic mass is 10.0. The van der Waals surface area contributed by atoms with Gasteiger partial charge in [-0.25, -0.2) is 9.07 Å². The molecule has 1 aliphatic heterocycles. The number of hydrogen-bond donors (Lipinski definition) is 1. The van der Waals surface area contributed by atoms with Gasteiger partial charge in [-0.15, -0.1) is 0 Å². The van der Waals surface area contributed by atoms with Crippen LogP contribution in [0, 0.1) is 17.1 Å². The molecule has 0 aliphatic carbocycles. The molecule has 0 saturated heterocycles. The fraction of sp³-hybridized carbons (Fsp3) is 0.200. The highest BCUT2D eigenvalue weighted by molar-refractivity contribution is 5.71. The Morgan fingerprint density at radius 3 is 2.72 bits per heavy atom. The summed E-state index contributed by atoms with van der Waals surface area (Å²) in [4.78, 5) is 0. The van der Waals surface area contributed by atoms with Gasteiger partial charge in [0, 0.05) is 17.7 Å². The highest BCUT2D eigenvalue weighted by Crippen LogP contribution is 2.34. The number of fused-ring (bicyclic) bond motifs is 1. The fourth-order valence-electron chi connectivity index (χ4n) is 3.23. The van der Waals surface area contributed by atoms with E-state index in [1.165, 1.54) is 12.1 Å². The SMILES string of the molecule is N#Cc1ccc(-n2nc(-c3cccc(F)c3)c3c2NCCCC3)cc1. The van der Waals surface area contributed by atoms with Crippen LogP contribution in [0.1, 0.15) is 24.0 Å². The summed E-state index contributed by atoms with van der Waals surface area (Å²) < 4.78 is 15.6. The van der Waals surface area contributed by atoms with Crippen molar-refractivity contribution in [1.82, 2.24) is 9.78 Å². The minimum atomic E-state index is -0.263. The molecule has 0 amide bonds. The van der Waals surface area contributed by atoms with Crippen LogP contribution in [0.5, 0.6) is 0 Å². The van der Waals surface area contributed by atoms with E-state index in [0.29, 0.717) is 5.56 Å². The van der Waals surface area contributed by atoms with Gasteiger partial charge in [0.2, 0.25) is 0 Å². The Bertz CT molecular complexity index is 951. The summed E-state index contributed by atoms with van der Waals surface area (Å²) in [7, 11) is 0. The zero-order chi connectivity index (χ0) is 17.2. The molecule has 1 aliphatic rings. The van der Waals surface area contributed by atoms with E-state index in [1.54, 1.807) is 18.2 Å². The molecule has 3 aromatic rings. The predicted molar refractivity (Wildman–Crippen MR) is 95.1 cm³/mol. The summed E-state index contributed by atoms with van der Waals surface area (Å²) in [5, 5.41) is 17.2. The van der Waals surface area contributed by atoms with Crippen molar-refractivity contribution in [3.8, 4) is 23.0 Å². The van der Waals surface area contributed by atoms with Crippen LogP contribution in [-0.2, 0) is 6.42 Å². The smallest absolute Gasteiger partial charge is 0.133 e. The monoisotopic (exact) mass is 332 g/mol. The van der Waals surface area contributed by atoms with E-state index in [1.807, 2.05) is 22.9 Å². The highest BCUT2D eigenvalue weighted by Gasteiger charge is 2.21. The molecule has 2 heterocycles. The third-order valence-corrected chi connectivity index (χ3v) is 4.47. The van der Waals surface area contributed by atoms with Crippen LogP contribution in [-0.4, -0.2) is 16.3 Å². The average Bonchev–Trinajstić information content (AvgIpc) is 2.83. The Morgan fingerprint density at radius 2 is 1.96 bits per heavy atom. The number of benzene rings is 2. The van der Waals surface area contributed by atoms with Gasteiger partial charge in [-0.05, 0) is 55.7 Å². The molecular formula is C20H17FN4. The van der Waals surface area contributed by atoms with Crippen molar-refractivity contribution < 1.29 is 4.39 Å². The van der Waals surface area contributed by atoms with Gasteiger partial charge in [-0.3, -0.25) is 0 Å². The molecule has 1 N–H and O–H groups in total. The second-order valence-corrected chi connectivity index (χ2v) is 6.14. The van der Waals surface area contributed by atoms with Crippen LogP contribution in [0.15, 0.2) is 48.5 Å². The van der Waals surface area contributed by atoms with Crippen LogP contribution in [0.3, 0.4) is 0 Å². The van der Waals surface area contributed by atoms with Gasteiger partial charge in [-0.2, -0.15) is 10.4 Å². The van der Waals surface area contributed by atoms with E-state index >= 15 is 0 Å². The molecule has 0 spiro atoms. The second kappa shape index (κ2) is 6.40. The molecule has 0 saturated carbocycles. The minimum Gasteiger partial charge on any atom is -0.370 e. The molecule has 0 radical (unpaired) electrons. The minimum absolute atomic E-state index is 0.263. The maximum absolute atomic E-state index is 13.7. The normalized spacial score (nSPS) is 13.4. The Labute approximate surface area is 145 Å². The number of nitrogens with one attached hydrogen (secondary N) is 1. The molecule has 25 heavy (non-hydrogen) atoms. The number of rotatable bonds is 2. The number of aromatic nitrogens is 2. The third-order valence-electron chi connectivity index (χ3n) is 4.47. The number of halogens is 1. The van der Waals surface area contributed by atoms with Crippen LogP contribution >= 0.6 is 0 Å². The molecule has 0 bridgehead atoms. The van der Waals surface area contributed by atoms with Crippen molar-refractivity contribution in [3.05, 3.63) is 65.5 Å². The molecule has 0 unspecified atom stereocenters. The van der Waals surface area contributed by atoms with E-state index in [4.69, 9.17) is 10.4 Å². The number of nitriles is 1. The number of anilines is 1. The van der Waals surface area contributed by atoms with Gasteiger partial charge in [-0.1, -0.05) is 12.1 Å². The van der Waals surface area contributed by atoms with Crippen LogP contribution in [0.25, 0.3) is 16.9 Å². The molecule has 5 heteroatoms. The summed E-state index contributed by atoms with van der Waals surface area (Å²) in [5.74, 6) is 0.697. The zero-order valence-electron chi connectivity index (χ0n) is 13.7. The van der Waals surface area contributed by atoms with Crippen molar-refractivity contribution >= 4 is 5.82 Å². The van der Waals surface area contributed by atoms with Gasteiger partial charge < -0.3 is 5.32 Å². The molecular weight excluding hydrogens is 315 g/mol. The first kappa shape index (κ1) is 15.4. The summed E-state index contributed by atoms with van der Waals surface area (Å²) in [6.45, 7) is 0.886. The lowest BCUT2D eigenvalue weighted by molar-refractivity contribution is 0.628. The molecule has 1 aromatic heterocycles. The van der Waals surface area contributed by atoms with Crippen LogP contribution in [0.2, 0.25) is 0 Å². The maximum Gasteiger partial charge on any atom is 0.133 e. The van der Waals surface area contributed by atoms with Crippen molar-refractivity contribution in [2.75, 3.05) is 11.9 Å². The molecule has 4 nitrogen and oxygen atoms in total. The Kier molecular flexibility index (Phi) is 3.95. The summed E-state index contributed by atoms with van der Waals surface area (Å²) >= 11 is 0. The number of nitrogens with zero attached hydrogens (tertiary/aromatic N) is 3. The Morgan fingerprint density at radius 1 is 1.12 bits per heavy atom. The quantitative estimate of drug-likeness (QED) is 0.761. The highest BCUT2D eigenvalue weighted by atomic mass is 19.1. The van der Waals surface area contributed by atoms with Gasteiger partial charge in [0.25, 0.3) is 0 Å². The standard InChI is InChI=1S/C20H17FN4/c21-16-5-3-4-15(12-16)19-18-6-1-2-11-23-20(18)25(24-19)17-9-7-14(13-22)8-10-17/h3-5,7-10,12,23H,1-2,6,11H2.